The third-order valence-electron chi connectivity index (χ3n) is 4.10. The SMILES string of the molecule is CC#CCn1nc(OC)nc1Cc1ccc(-c2ccccc2C(=O)O)cc1. The van der Waals surface area contributed by atoms with Gasteiger partial charge >= 0.3 is 12.0 Å². The van der Waals surface area contributed by atoms with E-state index >= 15 is 0 Å². The zero-order chi connectivity index (χ0) is 19.2. The van der Waals surface area contributed by atoms with Crippen LogP contribution >= 0.6 is 0 Å². The lowest BCUT2D eigenvalue weighted by Gasteiger charge is -2.08. The molecule has 0 aliphatic heterocycles. The fraction of sp³-hybridized carbons (Fsp3) is 0.190. The summed E-state index contributed by atoms with van der Waals surface area (Å²) in [6.07, 6.45) is 0.572. The van der Waals surface area contributed by atoms with Crippen LogP contribution in [0.1, 0.15) is 28.7 Å². The molecule has 6 heteroatoms. The average Bonchev–Trinajstić information content (AvgIpc) is 3.08. The van der Waals surface area contributed by atoms with Crippen LogP contribution in [0.15, 0.2) is 48.5 Å². The number of ether oxygens (including phenoxy) is 1. The summed E-state index contributed by atoms with van der Waals surface area (Å²) in [6.45, 7) is 2.23. The lowest BCUT2D eigenvalue weighted by atomic mass is 9.98. The molecule has 0 aliphatic carbocycles. The van der Waals surface area contributed by atoms with Gasteiger partial charge in [-0.3, -0.25) is 0 Å². The van der Waals surface area contributed by atoms with Gasteiger partial charge in [-0.05, 0) is 29.7 Å². The van der Waals surface area contributed by atoms with Crippen LogP contribution in [0.3, 0.4) is 0 Å². The second kappa shape index (κ2) is 8.19. The van der Waals surface area contributed by atoms with Crippen molar-refractivity contribution in [2.75, 3.05) is 7.11 Å². The zero-order valence-corrected chi connectivity index (χ0v) is 15.1. The minimum Gasteiger partial charge on any atom is -0.478 e. The van der Waals surface area contributed by atoms with E-state index in [2.05, 4.69) is 21.9 Å². The predicted molar refractivity (Wildman–Crippen MR) is 102 cm³/mol. The molecule has 2 aromatic carbocycles. The summed E-state index contributed by atoms with van der Waals surface area (Å²) >= 11 is 0. The highest BCUT2D eigenvalue weighted by Gasteiger charge is 2.12. The van der Waals surface area contributed by atoms with Crippen molar-refractivity contribution in [3.05, 3.63) is 65.5 Å². The number of hydrogen-bond donors (Lipinski definition) is 1. The van der Waals surface area contributed by atoms with E-state index < -0.39 is 5.97 Å². The molecule has 0 fully saturated rings. The monoisotopic (exact) mass is 361 g/mol. The van der Waals surface area contributed by atoms with Crippen LogP contribution in [0.25, 0.3) is 11.1 Å². The number of benzene rings is 2. The fourth-order valence-electron chi connectivity index (χ4n) is 2.76. The average molecular weight is 361 g/mol. The Morgan fingerprint density at radius 3 is 2.59 bits per heavy atom. The Hall–Kier alpha value is -3.59. The van der Waals surface area contributed by atoms with E-state index in [1.165, 1.54) is 7.11 Å². The van der Waals surface area contributed by atoms with Crippen molar-refractivity contribution in [2.24, 2.45) is 0 Å². The molecular weight excluding hydrogens is 342 g/mol. The highest BCUT2D eigenvalue weighted by molar-refractivity contribution is 5.95. The molecule has 6 nitrogen and oxygen atoms in total. The van der Waals surface area contributed by atoms with Crippen LogP contribution in [0.5, 0.6) is 6.01 Å². The second-order valence-electron chi connectivity index (χ2n) is 5.82. The smallest absolute Gasteiger partial charge is 0.336 e. The van der Waals surface area contributed by atoms with E-state index in [1.807, 2.05) is 36.4 Å². The maximum Gasteiger partial charge on any atom is 0.336 e. The Balaban J connectivity index is 1.86. The first-order chi connectivity index (χ1) is 13.1. The number of aromatic carboxylic acids is 1. The van der Waals surface area contributed by atoms with Crippen LogP contribution in [0, 0.1) is 11.8 Å². The number of aromatic nitrogens is 3. The highest BCUT2D eigenvalue weighted by atomic mass is 16.5. The van der Waals surface area contributed by atoms with Gasteiger partial charge in [0.25, 0.3) is 0 Å². The van der Waals surface area contributed by atoms with Crippen molar-refractivity contribution in [1.29, 1.82) is 0 Å². The van der Waals surface area contributed by atoms with E-state index in [-0.39, 0.29) is 5.56 Å². The molecule has 0 spiro atoms. The fourth-order valence-corrected chi connectivity index (χ4v) is 2.76. The molecule has 0 amide bonds. The molecule has 3 aromatic rings. The molecule has 0 atom stereocenters. The van der Waals surface area contributed by atoms with Gasteiger partial charge < -0.3 is 9.84 Å². The Kier molecular flexibility index (Phi) is 5.53. The van der Waals surface area contributed by atoms with E-state index in [9.17, 15) is 9.90 Å². The van der Waals surface area contributed by atoms with Crippen molar-refractivity contribution in [1.82, 2.24) is 14.8 Å². The van der Waals surface area contributed by atoms with Gasteiger partial charge in [-0.25, -0.2) is 9.48 Å². The lowest BCUT2D eigenvalue weighted by molar-refractivity contribution is 0.0697. The van der Waals surface area contributed by atoms with Crippen LogP contribution in [-0.2, 0) is 13.0 Å². The Morgan fingerprint density at radius 1 is 1.19 bits per heavy atom. The molecule has 3 rings (SSSR count). The van der Waals surface area contributed by atoms with Crippen LogP contribution in [0.2, 0.25) is 0 Å². The molecule has 0 radical (unpaired) electrons. The Labute approximate surface area is 157 Å². The van der Waals surface area contributed by atoms with Crippen molar-refractivity contribution in [3.8, 4) is 29.0 Å². The van der Waals surface area contributed by atoms with Gasteiger partial charge in [0.1, 0.15) is 12.4 Å². The second-order valence-corrected chi connectivity index (χ2v) is 5.82. The maximum absolute atomic E-state index is 11.4. The summed E-state index contributed by atoms with van der Waals surface area (Å²) in [6, 6.07) is 15.0. The van der Waals surface area contributed by atoms with Crippen molar-refractivity contribution >= 4 is 5.97 Å². The number of nitrogens with zero attached hydrogens (tertiary/aromatic N) is 3. The molecule has 0 aliphatic rings. The molecule has 0 unspecified atom stereocenters. The normalized spacial score (nSPS) is 10.1. The van der Waals surface area contributed by atoms with E-state index in [0.717, 1.165) is 17.0 Å². The van der Waals surface area contributed by atoms with E-state index in [1.54, 1.807) is 23.7 Å². The van der Waals surface area contributed by atoms with Crippen LogP contribution in [-0.4, -0.2) is 33.0 Å². The molecule has 1 heterocycles. The molecular formula is C21H19N3O3. The molecule has 1 aromatic heterocycles. The van der Waals surface area contributed by atoms with Gasteiger partial charge in [0.05, 0.1) is 12.7 Å². The quantitative estimate of drug-likeness (QED) is 0.682. The van der Waals surface area contributed by atoms with E-state index in [4.69, 9.17) is 4.74 Å². The maximum atomic E-state index is 11.4. The predicted octanol–water partition coefficient (Wildman–Crippen LogP) is 3.27. The molecule has 27 heavy (non-hydrogen) atoms. The van der Waals surface area contributed by atoms with Gasteiger partial charge in [-0.1, -0.05) is 48.4 Å². The summed E-state index contributed by atoms with van der Waals surface area (Å²) < 4.78 is 6.84. The molecule has 0 saturated heterocycles. The number of methoxy groups -OCH3 is 1. The first kappa shape index (κ1) is 18.2. The lowest BCUT2D eigenvalue weighted by Crippen LogP contribution is -2.05. The minimum atomic E-state index is -0.938. The summed E-state index contributed by atoms with van der Waals surface area (Å²) in [7, 11) is 1.53. The van der Waals surface area contributed by atoms with Gasteiger partial charge in [-0.2, -0.15) is 4.98 Å². The van der Waals surface area contributed by atoms with Gasteiger partial charge in [0.15, 0.2) is 0 Å². The summed E-state index contributed by atoms with van der Waals surface area (Å²) in [4.78, 5) is 15.8. The highest BCUT2D eigenvalue weighted by Crippen LogP contribution is 2.24. The topological polar surface area (TPSA) is 77.2 Å². The van der Waals surface area contributed by atoms with Crippen LogP contribution in [0.4, 0.5) is 0 Å². The molecule has 136 valence electrons. The summed E-state index contributed by atoms with van der Waals surface area (Å²) in [5.41, 5.74) is 2.87. The van der Waals surface area contributed by atoms with Crippen molar-refractivity contribution in [3.63, 3.8) is 0 Å². The zero-order valence-electron chi connectivity index (χ0n) is 15.1. The summed E-state index contributed by atoms with van der Waals surface area (Å²) in [5, 5.41) is 13.6. The molecule has 1 N–H and O–H groups in total. The standard InChI is InChI=1S/C21H19N3O3/c1-3-4-13-24-19(22-21(23-24)27-2)14-15-9-11-16(12-10-15)17-7-5-6-8-18(17)20(25)26/h5-12H,13-14H2,1-2H3,(H,25,26). The van der Waals surface area contributed by atoms with Crippen molar-refractivity contribution in [2.45, 2.75) is 19.9 Å². The first-order valence-corrected chi connectivity index (χ1v) is 8.41. The van der Waals surface area contributed by atoms with Crippen molar-refractivity contribution < 1.29 is 14.6 Å². The van der Waals surface area contributed by atoms with Gasteiger partial charge in [0, 0.05) is 6.42 Å². The van der Waals surface area contributed by atoms with Crippen LogP contribution < -0.4 is 4.74 Å². The number of hydrogen-bond acceptors (Lipinski definition) is 4. The third-order valence-corrected chi connectivity index (χ3v) is 4.10. The number of carboxylic acids is 1. The van der Waals surface area contributed by atoms with Gasteiger partial charge in [-0.15, -0.1) is 11.0 Å². The number of rotatable bonds is 6. The molecule has 0 bridgehead atoms. The first-order valence-electron chi connectivity index (χ1n) is 8.41. The number of carboxylic acid groups (broad SMARTS) is 1. The Morgan fingerprint density at radius 2 is 1.93 bits per heavy atom. The minimum absolute atomic E-state index is 0.285. The largest absolute Gasteiger partial charge is 0.478 e. The Bertz CT molecular complexity index is 1010. The molecule has 0 saturated carbocycles. The summed E-state index contributed by atoms with van der Waals surface area (Å²) in [5.74, 6) is 5.64. The number of carbonyl (C=O) groups is 1. The van der Waals surface area contributed by atoms with E-state index in [0.29, 0.717) is 24.5 Å². The van der Waals surface area contributed by atoms with Gasteiger partial charge in [0.2, 0.25) is 0 Å². The third kappa shape index (κ3) is 4.15.